The van der Waals surface area contributed by atoms with Crippen molar-refractivity contribution in [3.05, 3.63) is 89.5 Å². The number of ether oxygens (including phenoxy) is 1. The molecule has 0 aliphatic heterocycles. The van der Waals surface area contributed by atoms with Crippen LogP contribution in [0.1, 0.15) is 34.3 Å². The molecule has 1 aliphatic rings. The standard InChI is InChI=1S/C26H28N2O4S/c1-19-6-14-25(15-7-19)33(30,31)28(2)24-12-10-22(11-13-24)26(29)27-23-5-3-4-21(16-23)18-32-17-20-8-9-20/h3-7,10-16,20H,8-9,17-18H2,1-2H3,(H,27,29). The van der Waals surface area contributed by atoms with Crippen LogP contribution >= 0.6 is 0 Å². The summed E-state index contributed by atoms with van der Waals surface area (Å²) >= 11 is 0. The summed E-state index contributed by atoms with van der Waals surface area (Å²) in [4.78, 5) is 12.9. The van der Waals surface area contributed by atoms with Crippen molar-refractivity contribution in [1.82, 2.24) is 0 Å². The van der Waals surface area contributed by atoms with E-state index < -0.39 is 10.0 Å². The highest BCUT2D eigenvalue weighted by Crippen LogP contribution is 2.29. The number of carbonyl (C=O) groups is 1. The van der Waals surface area contributed by atoms with Gasteiger partial charge in [-0.05, 0) is 79.8 Å². The first kappa shape index (κ1) is 23.0. The number of rotatable bonds is 9. The molecule has 1 amide bonds. The van der Waals surface area contributed by atoms with Crippen LogP contribution in [0.2, 0.25) is 0 Å². The predicted molar refractivity (Wildman–Crippen MR) is 130 cm³/mol. The largest absolute Gasteiger partial charge is 0.376 e. The van der Waals surface area contributed by atoms with E-state index in [1.54, 1.807) is 48.5 Å². The summed E-state index contributed by atoms with van der Waals surface area (Å²) in [6.45, 7) is 3.22. The average Bonchev–Trinajstić information content (AvgIpc) is 3.64. The highest BCUT2D eigenvalue weighted by Gasteiger charge is 2.22. The van der Waals surface area contributed by atoms with Crippen LogP contribution in [0.5, 0.6) is 0 Å². The van der Waals surface area contributed by atoms with E-state index in [9.17, 15) is 13.2 Å². The molecule has 6 nitrogen and oxygen atoms in total. The number of amides is 1. The molecule has 1 fully saturated rings. The molecule has 0 radical (unpaired) electrons. The highest BCUT2D eigenvalue weighted by atomic mass is 32.2. The summed E-state index contributed by atoms with van der Waals surface area (Å²) in [5.41, 5.74) is 3.60. The van der Waals surface area contributed by atoms with Crippen LogP contribution in [0, 0.1) is 12.8 Å². The number of anilines is 2. The van der Waals surface area contributed by atoms with Gasteiger partial charge in [0.05, 0.1) is 17.2 Å². The molecule has 172 valence electrons. The first-order chi connectivity index (χ1) is 15.8. The fraction of sp³-hybridized carbons (Fsp3) is 0.269. The van der Waals surface area contributed by atoms with Crippen LogP contribution in [-0.2, 0) is 21.4 Å². The molecular weight excluding hydrogens is 436 g/mol. The van der Waals surface area contributed by atoms with Crippen molar-refractivity contribution in [3.63, 3.8) is 0 Å². The molecule has 0 spiro atoms. The molecule has 1 aliphatic carbocycles. The normalized spacial score (nSPS) is 13.5. The second-order valence-corrected chi connectivity index (χ2v) is 10.4. The molecule has 1 N–H and O–H groups in total. The van der Waals surface area contributed by atoms with Gasteiger partial charge in [-0.25, -0.2) is 8.42 Å². The molecule has 7 heteroatoms. The Hall–Kier alpha value is -3.16. The first-order valence-electron chi connectivity index (χ1n) is 11.0. The van der Waals surface area contributed by atoms with Crippen LogP contribution in [-0.4, -0.2) is 28.0 Å². The fourth-order valence-corrected chi connectivity index (χ4v) is 4.60. The maximum absolute atomic E-state index is 12.9. The maximum Gasteiger partial charge on any atom is 0.264 e. The van der Waals surface area contributed by atoms with Crippen molar-refractivity contribution in [2.45, 2.75) is 31.3 Å². The van der Waals surface area contributed by atoms with Crippen LogP contribution in [0.4, 0.5) is 11.4 Å². The van der Waals surface area contributed by atoms with Gasteiger partial charge in [0, 0.05) is 24.9 Å². The zero-order chi connectivity index (χ0) is 23.4. The second-order valence-electron chi connectivity index (χ2n) is 8.45. The third-order valence-electron chi connectivity index (χ3n) is 5.68. The number of hydrogen-bond donors (Lipinski definition) is 1. The third kappa shape index (κ3) is 5.80. The van der Waals surface area contributed by atoms with Crippen molar-refractivity contribution in [2.24, 2.45) is 5.92 Å². The van der Waals surface area contributed by atoms with Gasteiger partial charge in [0.2, 0.25) is 0 Å². The highest BCUT2D eigenvalue weighted by molar-refractivity contribution is 7.92. The van der Waals surface area contributed by atoms with Gasteiger partial charge in [0.1, 0.15) is 0 Å². The Balaban J connectivity index is 1.40. The lowest BCUT2D eigenvalue weighted by Gasteiger charge is -2.20. The number of hydrogen-bond acceptors (Lipinski definition) is 4. The first-order valence-corrected chi connectivity index (χ1v) is 12.4. The van der Waals surface area contributed by atoms with Crippen molar-refractivity contribution < 1.29 is 17.9 Å². The Morgan fingerprint density at radius 1 is 1.03 bits per heavy atom. The van der Waals surface area contributed by atoms with E-state index in [-0.39, 0.29) is 10.8 Å². The minimum atomic E-state index is -3.68. The second kappa shape index (κ2) is 9.77. The smallest absolute Gasteiger partial charge is 0.264 e. The minimum Gasteiger partial charge on any atom is -0.376 e. The van der Waals surface area contributed by atoms with Gasteiger partial charge in [0.15, 0.2) is 0 Å². The molecule has 4 rings (SSSR count). The van der Waals surface area contributed by atoms with Gasteiger partial charge in [-0.1, -0.05) is 29.8 Å². The number of carbonyl (C=O) groups excluding carboxylic acids is 1. The molecule has 1 saturated carbocycles. The van der Waals surface area contributed by atoms with E-state index >= 15 is 0 Å². The van der Waals surface area contributed by atoms with Crippen LogP contribution in [0.25, 0.3) is 0 Å². The summed E-state index contributed by atoms with van der Waals surface area (Å²) in [6.07, 6.45) is 2.51. The number of nitrogens with one attached hydrogen (secondary N) is 1. The van der Waals surface area contributed by atoms with Crippen LogP contribution in [0.15, 0.2) is 77.7 Å². The lowest BCUT2D eigenvalue weighted by Crippen LogP contribution is -2.26. The summed E-state index contributed by atoms with van der Waals surface area (Å²) in [6, 6.07) is 20.8. The molecular formula is C26H28N2O4S. The van der Waals surface area contributed by atoms with Gasteiger partial charge in [0.25, 0.3) is 15.9 Å². The number of aryl methyl sites for hydroxylation is 1. The fourth-order valence-electron chi connectivity index (χ4n) is 3.40. The lowest BCUT2D eigenvalue weighted by atomic mass is 10.1. The van der Waals surface area contributed by atoms with Crippen molar-refractivity contribution in [3.8, 4) is 0 Å². The Kier molecular flexibility index (Phi) is 6.81. The zero-order valence-corrected chi connectivity index (χ0v) is 19.6. The van der Waals surface area contributed by atoms with Gasteiger partial charge in [-0.15, -0.1) is 0 Å². The van der Waals surface area contributed by atoms with Crippen molar-refractivity contribution in [1.29, 1.82) is 0 Å². The maximum atomic E-state index is 12.9. The number of benzene rings is 3. The van der Waals surface area contributed by atoms with Crippen molar-refractivity contribution in [2.75, 3.05) is 23.3 Å². The predicted octanol–water partition coefficient (Wildman–Crippen LogP) is 5.00. The molecule has 0 atom stereocenters. The third-order valence-corrected chi connectivity index (χ3v) is 7.48. The molecule has 0 saturated heterocycles. The monoisotopic (exact) mass is 464 g/mol. The SMILES string of the molecule is Cc1ccc(S(=O)(=O)N(C)c2ccc(C(=O)Nc3cccc(COCC4CC4)c3)cc2)cc1. The Morgan fingerprint density at radius 2 is 1.73 bits per heavy atom. The van der Waals surface area contributed by atoms with Gasteiger partial charge < -0.3 is 10.1 Å². The summed E-state index contributed by atoms with van der Waals surface area (Å²) in [5, 5.41) is 2.89. The van der Waals surface area contributed by atoms with E-state index in [0.29, 0.717) is 29.5 Å². The van der Waals surface area contributed by atoms with Crippen LogP contribution < -0.4 is 9.62 Å². The van der Waals surface area contributed by atoms with Gasteiger partial charge >= 0.3 is 0 Å². The molecule has 3 aromatic carbocycles. The van der Waals surface area contributed by atoms with E-state index in [4.69, 9.17) is 4.74 Å². The Bertz CT molecular complexity index is 1220. The Morgan fingerprint density at radius 3 is 2.39 bits per heavy atom. The zero-order valence-electron chi connectivity index (χ0n) is 18.8. The molecule has 33 heavy (non-hydrogen) atoms. The Labute approximate surface area is 195 Å². The topological polar surface area (TPSA) is 75.7 Å². The molecule has 0 aromatic heterocycles. The molecule has 0 unspecified atom stereocenters. The summed E-state index contributed by atoms with van der Waals surface area (Å²) in [7, 11) is -2.18. The quantitative estimate of drug-likeness (QED) is 0.484. The van der Waals surface area contributed by atoms with Gasteiger partial charge in [-0.2, -0.15) is 0 Å². The van der Waals surface area contributed by atoms with Crippen LogP contribution in [0.3, 0.4) is 0 Å². The van der Waals surface area contributed by atoms with E-state index in [2.05, 4.69) is 5.32 Å². The summed E-state index contributed by atoms with van der Waals surface area (Å²) < 4.78 is 32.7. The summed E-state index contributed by atoms with van der Waals surface area (Å²) in [5.74, 6) is 0.448. The molecule has 0 heterocycles. The van der Waals surface area contributed by atoms with Gasteiger partial charge in [-0.3, -0.25) is 9.10 Å². The minimum absolute atomic E-state index is 0.221. The van der Waals surface area contributed by atoms with E-state index in [1.807, 2.05) is 31.2 Å². The lowest BCUT2D eigenvalue weighted by molar-refractivity contribution is 0.102. The van der Waals surface area contributed by atoms with E-state index in [0.717, 1.165) is 17.7 Å². The number of sulfonamides is 1. The van der Waals surface area contributed by atoms with E-state index in [1.165, 1.54) is 24.2 Å². The molecule has 0 bridgehead atoms. The average molecular weight is 465 g/mol. The molecule has 3 aromatic rings. The van der Waals surface area contributed by atoms with Crippen molar-refractivity contribution >= 4 is 27.3 Å². The number of nitrogens with zero attached hydrogens (tertiary/aromatic N) is 1.